The van der Waals surface area contributed by atoms with Crippen LogP contribution in [-0.2, 0) is 13.6 Å². The van der Waals surface area contributed by atoms with Crippen LogP contribution < -0.4 is 5.69 Å². The van der Waals surface area contributed by atoms with Crippen LogP contribution in [0.15, 0.2) is 23.3 Å². The van der Waals surface area contributed by atoms with Crippen molar-refractivity contribution in [3.05, 3.63) is 29.0 Å². The third-order valence-electron chi connectivity index (χ3n) is 1.31. The molecule has 1 heterocycles. The van der Waals surface area contributed by atoms with Gasteiger partial charge >= 0.3 is 5.69 Å². The van der Waals surface area contributed by atoms with Gasteiger partial charge in [-0.1, -0.05) is 12.2 Å². The minimum absolute atomic E-state index is 0.104. The van der Waals surface area contributed by atoms with Crippen LogP contribution in [0, 0.1) is 0 Å². The van der Waals surface area contributed by atoms with Gasteiger partial charge in [-0.3, -0.25) is 4.57 Å². The van der Waals surface area contributed by atoms with Crippen LogP contribution in [0.3, 0.4) is 0 Å². The van der Waals surface area contributed by atoms with E-state index in [1.165, 1.54) is 15.6 Å². The Morgan fingerprint density at radius 1 is 1.82 bits per heavy atom. The second kappa shape index (κ2) is 2.74. The third kappa shape index (κ3) is 1.58. The summed E-state index contributed by atoms with van der Waals surface area (Å²) in [6.45, 7) is 6.05. The third-order valence-corrected chi connectivity index (χ3v) is 1.31. The zero-order valence-electron chi connectivity index (χ0n) is 6.74. The van der Waals surface area contributed by atoms with E-state index in [1.807, 2.05) is 6.92 Å². The fourth-order valence-electron chi connectivity index (χ4n) is 0.785. The summed E-state index contributed by atoms with van der Waals surface area (Å²) in [6, 6.07) is 0. The molecule has 0 saturated carbocycles. The Morgan fingerprint density at radius 2 is 2.45 bits per heavy atom. The summed E-state index contributed by atoms with van der Waals surface area (Å²) in [5, 5.41) is 3.86. The molecule has 0 spiro atoms. The maximum absolute atomic E-state index is 11.1. The van der Waals surface area contributed by atoms with Crippen LogP contribution in [0.4, 0.5) is 0 Å². The summed E-state index contributed by atoms with van der Waals surface area (Å²) in [7, 11) is 1.67. The topological polar surface area (TPSA) is 39.8 Å². The molecule has 0 aliphatic heterocycles. The monoisotopic (exact) mass is 153 g/mol. The normalized spacial score (nSPS) is 10.0. The van der Waals surface area contributed by atoms with Gasteiger partial charge in [0.1, 0.15) is 6.33 Å². The average Bonchev–Trinajstić information content (AvgIpc) is 2.18. The standard InChI is InChI=1S/C7H11N3O/c1-6(2)4-10-7(11)9(3)5-8-10/h5H,1,4H2,2-3H3. The Hall–Kier alpha value is -1.32. The molecule has 0 unspecified atom stereocenters. The van der Waals surface area contributed by atoms with Crippen molar-refractivity contribution in [2.45, 2.75) is 13.5 Å². The molecule has 4 heteroatoms. The fraction of sp³-hybridized carbons (Fsp3) is 0.429. The molecule has 0 aromatic carbocycles. The lowest BCUT2D eigenvalue weighted by Gasteiger charge is -1.95. The van der Waals surface area contributed by atoms with Gasteiger partial charge in [-0.25, -0.2) is 9.48 Å². The van der Waals surface area contributed by atoms with Crippen molar-refractivity contribution in [3.8, 4) is 0 Å². The predicted octanol–water partition coefficient (Wildman–Crippen LogP) is 0.158. The van der Waals surface area contributed by atoms with Crippen molar-refractivity contribution in [2.75, 3.05) is 0 Å². The number of aromatic nitrogens is 3. The van der Waals surface area contributed by atoms with Crippen LogP contribution in [0.5, 0.6) is 0 Å². The van der Waals surface area contributed by atoms with E-state index < -0.39 is 0 Å². The molecule has 0 bridgehead atoms. The lowest BCUT2D eigenvalue weighted by Crippen LogP contribution is -2.23. The molecule has 60 valence electrons. The molecule has 0 atom stereocenters. The number of hydrogen-bond donors (Lipinski definition) is 0. The van der Waals surface area contributed by atoms with Gasteiger partial charge < -0.3 is 0 Å². The number of allylic oxidation sites excluding steroid dienone is 1. The average molecular weight is 153 g/mol. The Labute approximate surface area is 64.8 Å². The maximum Gasteiger partial charge on any atom is 0.345 e. The van der Waals surface area contributed by atoms with Gasteiger partial charge in [-0.15, -0.1) is 0 Å². The summed E-state index contributed by atoms with van der Waals surface area (Å²) in [5.74, 6) is 0. The Morgan fingerprint density at radius 3 is 2.82 bits per heavy atom. The summed E-state index contributed by atoms with van der Waals surface area (Å²) in [4.78, 5) is 11.1. The predicted molar refractivity (Wildman–Crippen MR) is 42.3 cm³/mol. The van der Waals surface area contributed by atoms with Gasteiger partial charge in [0.15, 0.2) is 0 Å². The van der Waals surface area contributed by atoms with Crippen LogP contribution in [0.2, 0.25) is 0 Å². The first kappa shape index (κ1) is 7.78. The highest BCUT2D eigenvalue weighted by molar-refractivity contribution is 4.88. The van der Waals surface area contributed by atoms with Crippen LogP contribution in [0.25, 0.3) is 0 Å². The van der Waals surface area contributed by atoms with E-state index in [4.69, 9.17) is 0 Å². The number of hydrogen-bond acceptors (Lipinski definition) is 2. The summed E-state index contributed by atoms with van der Waals surface area (Å²) < 4.78 is 2.81. The Kier molecular flexibility index (Phi) is 1.94. The van der Waals surface area contributed by atoms with Gasteiger partial charge in [0, 0.05) is 7.05 Å². The van der Waals surface area contributed by atoms with Crippen molar-refractivity contribution < 1.29 is 0 Å². The quantitative estimate of drug-likeness (QED) is 0.568. The Balaban J connectivity index is 2.97. The van der Waals surface area contributed by atoms with Crippen LogP contribution in [0.1, 0.15) is 6.92 Å². The van der Waals surface area contributed by atoms with Crippen molar-refractivity contribution in [1.29, 1.82) is 0 Å². The number of aryl methyl sites for hydroxylation is 1. The molecule has 1 rings (SSSR count). The molecule has 0 aliphatic rings. The van der Waals surface area contributed by atoms with E-state index in [9.17, 15) is 4.79 Å². The first-order chi connectivity index (χ1) is 5.11. The van der Waals surface area contributed by atoms with Crippen molar-refractivity contribution in [3.63, 3.8) is 0 Å². The molecule has 11 heavy (non-hydrogen) atoms. The molecule has 0 N–H and O–H groups in total. The van der Waals surface area contributed by atoms with E-state index in [0.717, 1.165) is 5.57 Å². The largest absolute Gasteiger partial charge is 0.345 e. The minimum atomic E-state index is -0.104. The van der Waals surface area contributed by atoms with E-state index >= 15 is 0 Å². The van der Waals surface area contributed by atoms with E-state index in [-0.39, 0.29) is 5.69 Å². The Bertz CT molecular complexity index is 321. The highest BCUT2D eigenvalue weighted by Crippen LogP contribution is 1.88. The van der Waals surface area contributed by atoms with Gasteiger partial charge in [-0.2, -0.15) is 5.10 Å². The molecule has 0 amide bonds. The minimum Gasteiger partial charge on any atom is -0.285 e. The molecule has 1 aromatic heterocycles. The molecule has 0 saturated heterocycles. The lowest BCUT2D eigenvalue weighted by atomic mass is 10.4. The van der Waals surface area contributed by atoms with Crippen LogP contribution >= 0.6 is 0 Å². The van der Waals surface area contributed by atoms with E-state index in [2.05, 4.69) is 11.7 Å². The SMILES string of the molecule is C=C(C)Cn1ncn(C)c1=O. The first-order valence-corrected chi connectivity index (χ1v) is 3.34. The highest BCUT2D eigenvalue weighted by Gasteiger charge is 1.99. The molecule has 0 radical (unpaired) electrons. The smallest absolute Gasteiger partial charge is 0.285 e. The molecule has 0 fully saturated rings. The zero-order valence-corrected chi connectivity index (χ0v) is 6.74. The molecule has 1 aromatic rings. The van der Waals surface area contributed by atoms with Gasteiger partial charge in [0.2, 0.25) is 0 Å². The van der Waals surface area contributed by atoms with Crippen LogP contribution in [-0.4, -0.2) is 14.3 Å². The van der Waals surface area contributed by atoms with Gasteiger partial charge in [0.25, 0.3) is 0 Å². The second-order valence-corrected chi connectivity index (χ2v) is 2.64. The van der Waals surface area contributed by atoms with Gasteiger partial charge in [0.05, 0.1) is 6.54 Å². The first-order valence-electron chi connectivity index (χ1n) is 3.34. The van der Waals surface area contributed by atoms with Crippen molar-refractivity contribution >= 4 is 0 Å². The molecular formula is C7H11N3O. The molecule has 4 nitrogen and oxygen atoms in total. The second-order valence-electron chi connectivity index (χ2n) is 2.64. The fourth-order valence-corrected chi connectivity index (χ4v) is 0.785. The van der Waals surface area contributed by atoms with Crippen molar-refractivity contribution in [1.82, 2.24) is 14.3 Å². The summed E-state index contributed by atoms with van der Waals surface area (Å²) >= 11 is 0. The van der Waals surface area contributed by atoms with Crippen molar-refractivity contribution in [2.24, 2.45) is 7.05 Å². The van der Waals surface area contributed by atoms with E-state index in [0.29, 0.717) is 6.54 Å². The van der Waals surface area contributed by atoms with Gasteiger partial charge in [-0.05, 0) is 6.92 Å². The maximum atomic E-state index is 11.1. The number of rotatable bonds is 2. The molecular weight excluding hydrogens is 142 g/mol. The summed E-state index contributed by atoms with van der Waals surface area (Å²) in [5.41, 5.74) is 0.818. The lowest BCUT2D eigenvalue weighted by molar-refractivity contribution is 0.640. The molecule has 0 aliphatic carbocycles. The highest BCUT2D eigenvalue weighted by atomic mass is 16.2. The number of nitrogens with zero attached hydrogens (tertiary/aromatic N) is 3. The van der Waals surface area contributed by atoms with E-state index in [1.54, 1.807) is 7.05 Å². The summed E-state index contributed by atoms with van der Waals surface area (Å²) in [6.07, 6.45) is 1.49. The zero-order chi connectivity index (χ0) is 8.43.